The molecule has 166 valence electrons. The molecule has 1 unspecified atom stereocenters. The highest BCUT2D eigenvalue weighted by atomic mass is 15.0. The molecule has 1 atom stereocenters. The average Bonchev–Trinajstić information content (AvgIpc) is 3.36. The molecule has 0 aliphatic carbocycles. The van der Waals surface area contributed by atoms with Crippen LogP contribution in [0, 0.1) is 0 Å². The first-order valence-electron chi connectivity index (χ1n) is 11.7. The number of benzene rings is 3. The van der Waals surface area contributed by atoms with E-state index in [1.54, 1.807) is 0 Å². The van der Waals surface area contributed by atoms with Crippen LogP contribution in [0.1, 0.15) is 78.1 Å². The SMILES string of the molecule is CC.CC.CC.CC.c1ccc(C2=NC(c3ccccc3)C(c3ccccc3)=N2)cc1. The van der Waals surface area contributed by atoms with Gasteiger partial charge in [0.1, 0.15) is 6.04 Å². The summed E-state index contributed by atoms with van der Waals surface area (Å²) in [5, 5.41) is 0. The summed E-state index contributed by atoms with van der Waals surface area (Å²) in [6, 6.07) is 30.8. The minimum Gasteiger partial charge on any atom is -0.251 e. The molecule has 1 aliphatic heterocycles. The van der Waals surface area contributed by atoms with Crippen molar-refractivity contribution in [2.75, 3.05) is 0 Å². The highest BCUT2D eigenvalue weighted by molar-refractivity contribution is 6.18. The molecule has 0 aromatic heterocycles. The lowest BCUT2D eigenvalue weighted by atomic mass is 9.98. The van der Waals surface area contributed by atoms with E-state index in [-0.39, 0.29) is 6.04 Å². The van der Waals surface area contributed by atoms with Crippen molar-refractivity contribution >= 4 is 11.5 Å². The van der Waals surface area contributed by atoms with Crippen LogP contribution >= 0.6 is 0 Å². The van der Waals surface area contributed by atoms with Crippen LogP contribution in [0.2, 0.25) is 0 Å². The Balaban J connectivity index is 0.00000102. The molecule has 0 N–H and O–H groups in total. The van der Waals surface area contributed by atoms with E-state index in [1.165, 1.54) is 5.56 Å². The molecule has 2 nitrogen and oxygen atoms in total. The Kier molecular flexibility index (Phi) is 16.1. The molecule has 31 heavy (non-hydrogen) atoms. The second-order valence-electron chi connectivity index (χ2n) is 5.50. The lowest BCUT2D eigenvalue weighted by Gasteiger charge is -2.11. The largest absolute Gasteiger partial charge is 0.251 e. The molecule has 4 rings (SSSR count). The van der Waals surface area contributed by atoms with E-state index in [9.17, 15) is 0 Å². The normalized spacial score (nSPS) is 13.2. The second-order valence-corrected chi connectivity index (χ2v) is 5.50. The van der Waals surface area contributed by atoms with E-state index in [1.807, 2.05) is 110 Å². The lowest BCUT2D eigenvalue weighted by molar-refractivity contribution is 0.986. The topological polar surface area (TPSA) is 24.7 Å². The van der Waals surface area contributed by atoms with E-state index in [4.69, 9.17) is 9.98 Å². The van der Waals surface area contributed by atoms with Gasteiger partial charge in [-0.15, -0.1) is 0 Å². The number of amidine groups is 1. The summed E-state index contributed by atoms with van der Waals surface area (Å²) in [6.45, 7) is 16.0. The molecule has 0 bridgehead atoms. The summed E-state index contributed by atoms with van der Waals surface area (Å²) >= 11 is 0. The standard InChI is InChI=1S/C21H16N2.4C2H6/c1-4-10-16(11-5-1)19-20(17-12-6-2-7-13-17)23-21(22-19)18-14-8-3-9-15-18;4*1-2/h1-15,19H;4*1-2H3. The van der Waals surface area contributed by atoms with Gasteiger partial charge in [0, 0.05) is 5.56 Å². The summed E-state index contributed by atoms with van der Waals surface area (Å²) in [6.07, 6.45) is 0. The molecule has 1 heterocycles. The van der Waals surface area contributed by atoms with Crippen LogP contribution in [-0.2, 0) is 0 Å². The van der Waals surface area contributed by atoms with Crippen molar-refractivity contribution in [2.24, 2.45) is 9.98 Å². The molecule has 3 aromatic carbocycles. The van der Waals surface area contributed by atoms with Crippen molar-refractivity contribution in [3.05, 3.63) is 108 Å². The summed E-state index contributed by atoms with van der Waals surface area (Å²) < 4.78 is 0. The molecule has 1 aliphatic rings. The molecular weight excluding hydrogens is 376 g/mol. The Hall–Kier alpha value is -3.00. The predicted molar refractivity (Wildman–Crippen MR) is 141 cm³/mol. The Morgan fingerprint density at radius 2 is 0.871 bits per heavy atom. The summed E-state index contributed by atoms with van der Waals surface area (Å²) in [7, 11) is 0. The number of aliphatic imine (C=N–C) groups is 2. The number of nitrogens with zero attached hydrogens (tertiary/aromatic N) is 2. The van der Waals surface area contributed by atoms with Crippen molar-refractivity contribution in [1.82, 2.24) is 0 Å². The van der Waals surface area contributed by atoms with Gasteiger partial charge in [0.25, 0.3) is 0 Å². The highest BCUT2D eigenvalue weighted by Crippen LogP contribution is 2.29. The fraction of sp³-hybridized carbons (Fsp3) is 0.310. The summed E-state index contributed by atoms with van der Waals surface area (Å²) in [5.41, 5.74) is 4.35. The third-order valence-electron chi connectivity index (χ3n) is 3.95. The molecule has 0 radical (unpaired) electrons. The van der Waals surface area contributed by atoms with Gasteiger partial charge >= 0.3 is 0 Å². The van der Waals surface area contributed by atoms with Gasteiger partial charge in [0.15, 0.2) is 5.84 Å². The summed E-state index contributed by atoms with van der Waals surface area (Å²) in [4.78, 5) is 9.75. The smallest absolute Gasteiger partial charge is 0.155 e. The maximum atomic E-state index is 4.90. The van der Waals surface area contributed by atoms with Crippen LogP contribution in [0.5, 0.6) is 0 Å². The van der Waals surface area contributed by atoms with Gasteiger partial charge in [-0.1, -0.05) is 146 Å². The quantitative estimate of drug-likeness (QED) is 0.407. The van der Waals surface area contributed by atoms with Crippen LogP contribution < -0.4 is 0 Å². The lowest BCUT2D eigenvalue weighted by Crippen LogP contribution is -2.08. The monoisotopic (exact) mass is 416 g/mol. The zero-order valence-electron chi connectivity index (χ0n) is 20.6. The number of hydrogen-bond donors (Lipinski definition) is 0. The van der Waals surface area contributed by atoms with Crippen molar-refractivity contribution in [3.63, 3.8) is 0 Å². The van der Waals surface area contributed by atoms with Gasteiger partial charge in [0.05, 0.1) is 5.71 Å². The highest BCUT2D eigenvalue weighted by Gasteiger charge is 2.25. The second kappa shape index (κ2) is 17.8. The van der Waals surface area contributed by atoms with Crippen LogP contribution in [0.3, 0.4) is 0 Å². The van der Waals surface area contributed by atoms with Gasteiger partial charge in [-0.3, -0.25) is 4.99 Å². The van der Waals surface area contributed by atoms with Gasteiger partial charge in [0.2, 0.25) is 0 Å². The minimum atomic E-state index is -0.0474. The van der Waals surface area contributed by atoms with Gasteiger partial charge in [-0.2, -0.15) is 0 Å². The maximum Gasteiger partial charge on any atom is 0.155 e. The Labute approximate surface area is 190 Å². The third kappa shape index (κ3) is 8.33. The molecule has 0 saturated carbocycles. The Morgan fingerprint density at radius 1 is 0.484 bits per heavy atom. The third-order valence-corrected chi connectivity index (χ3v) is 3.95. The van der Waals surface area contributed by atoms with Crippen LogP contribution in [0.25, 0.3) is 0 Å². The first-order chi connectivity index (χ1) is 15.4. The minimum absolute atomic E-state index is 0.0474. The van der Waals surface area contributed by atoms with Crippen molar-refractivity contribution in [1.29, 1.82) is 0 Å². The number of rotatable bonds is 3. The predicted octanol–water partition coefficient (Wildman–Crippen LogP) is 8.78. The van der Waals surface area contributed by atoms with Gasteiger partial charge in [-0.05, 0) is 11.1 Å². The first-order valence-corrected chi connectivity index (χ1v) is 11.7. The van der Waals surface area contributed by atoms with E-state index in [0.717, 1.165) is 22.7 Å². The molecule has 0 spiro atoms. The molecule has 0 saturated heterocycles. The van der Waals surface area contributed by atoms with Gasteiger partial charge < -0.3 is 0 Å². The average molecular weight is 417 g/mol. The van der Waals surface area contributed by atoms with E-state index in [0.29, 0.717) is 0 Å². The van der Waals surface area contributed by atoms with Crippen molar-refractivity contribution in [3.8, 4) is 0 Å². The van der Waals surface area contributed by atoms with E-state index in [2.05, 4.69) is 36.4 Å². The van der Waals surface area contributed by atoms with Crippen molar-refractivity contribution < 1.29 is 0 Å². The molecule has 2 heteroatoms. The van der Waals surface area contributed by atoms with E-state index < -0.39 is 0 Å². The maximum absolute atomic E-state index is 4.90. The Morgan fingerprint density at radius 3 is 1.32 bits per heavy atom. The first kappa shape index (κ1) is 28.0. The van der Waals surface area contributed by atoms with Crippen LogP contribution in [0.15, 0.2) is 101 Å². The number of hydrogen-bond acceptors (Lipinski definition) is 2. The fourth-order valence-electron chi connectivity index (χ4n) is 2.81. The molecule has 0 amide bonds. The zero-order valence-corrected chi connectivity index (χ0v) is 20.6. The van der Waals surface area contributed by atoms with Gasteiger partial charge in [-0.25, -0.2) is 4.99 Å². The van der Waals surface area contributed by atoms with Crippen LogP contribution in [-0.4, -0.2) is 11.5 Å². The Bertz CT molecular complexity index is 851. The van der Waals surface area contributed by atoms with Crippen molar-refractivity contribution in [2.45, 2.75) is 61.4 Å². The zero-order chi connectivity index (χ0) is 23.5. The van der Waals surface area contributed by atoms with E-state index >= 15 is 0 Å². The van der Waals surface area contributed by atoms with Crippen LogP contribution in [0.4, 0.5) is 0 Å². The molecule has 3 aromatic rings. The summed E-state index contributed by atoms with van der Waals surface area (Å²) in [5.74, 6) is 0.804. The molecule has 0 fully saturated rings. The fourth-order valence-corrected chi connectivity index (χ4v) is 2.81. The molecular formula is C29H40N2.